The van der Waals surface area contributed by atoms with E-state index in [0.29, 0.717) is 30.5 Å². The van der Waals surface area contributed by atoms with E-state index in [-0.39, 0.29) is 6.10 Å². The summed E-state index contributed by atoms with van der Waals surface area (Å²) in [6, 6.07) is 15.4. The molecule has 0 amide bonds. The van der Waals surface area contributed by atoms with Gasteiger partial charge in [0.1, 0.15) is 5.75 Å². The third kappa shape index (κ3) is 7.02. The maximum absolute atomic E-state index is 10.7. The van der Waals surface area contributed by atoms with Gasteiger partial charge in [-0.1, -0.05) is 45.7 Å². The normalized spacial score (nSPS) is 12.1. The van der Waals surface area contributed by atoms with Crippen molar-refractivity contribution in [3.05, 3.63) is 59.8 Å². The minimum absolute atomic E-state index is 0.350. The number of aromatic nitrogens is 2. The average molecular weight is 496 g/mol. The second-order valence-corrected chi connectivity index (χ2v) is 8.98. The number of aliphatic hydroxyl groups excluding tert-OH is 1. The lowest BCUT2D eigenvalue weighted by atomic mass is 10.1. The lowest BCUT2D eigenvalue weighted by Crippen LogP contribution is -2.33. The minimum Gasteiger partial charge on any atom is -0.497 e. The van der Waals surface area contributed by atoms with Crippen molar-refractivity contribution in [3.8, 4) is 28.8 Å². The summed E-state index contributed by atoms with van der Waals surface area (Å²) in [4.78, 5) is 2.31. The molecule has 0 saturated carbocycles. The second-order valence-electron chi connectivity index (χ2n) is 8.98. The van der Waals surface area contributed by atoms with Crippen molar-refractivity contribution in [2.75, 3.05) is 27.3 Å². The van der Waals surface area contributed by atoms with Gasteiger partial charge in [0, 0.05) is 13.1 Å². The molecule has 36 heavy (non-hydrogen) atoms. The van der Waals surface area contributed by atoms with Crippen LogP contribution in [0.2, 0.25) is 0 Å². The summed E-state index contributed by atoms with van der Waals surface area (Å²) in [5, 5.41) is 15.6. The molecule has 1 aromatic heterocycles. The van der Waals surface area contributed by atoms with Crippen LogP contribution < -0.4 is 14.2 Å². The number of para-hydroxylation sites is 2. The Hall–Kier alpha value is -3.03. The molecular formula is C29H41N3O4. The van der Waals surface area contributed by atoms with Crippen LogP contribution >= 0.6 is 0 Å². The molecule has 3 rings (SSSR count). The molecule has 1 atom stereocenters. The lowest BCUT2D eigenvalue weighted by molar-refractivity contribution is 0.0990. The van der Waals surface area contributed by atoms with Gasteiger partial charge in [-0.2, -0.15) is 5.10 Å². The van der Waals surface area contributed by atoms with Gasteiger partial charge in [-0.05, 0) is 62.2 Å². The Morgan fingerprint density at radius 2 is 1.67 bits per heavy atom. The lowest BCUT2D eigenvalue weighted by Gasteiger charge is -2.25. The number of methoxy groups -OCH3 is 2. The fourth-order valence-electron chi connectivity index (χ4n) is 4.34. The third-order valence-corrected chi connectivity index (χ3v) is 6.23. The van der Waals surface area contributed by atoms with Gasteiger partial charge in [0.15, 0.2) is 11.5 Å². The fraction of sp³-hybridized carbons (Fsp3) is 0.483. The van der Waals surface area contributed by atoms with Crippen LogP contribution in [0.25, 0.3) is 5.69 Å². The Balaban J connectivity index is 2.05. The number of benzene rings is 2. The molecule has 1 N–H and O–H groups in total. The van der Waals surface area contributed by atoms with Gasteiger partial charge >= 0.3 is 0 Å². The quantitative estimate of drug-likeness (QED) is 0.279. The predicted molar refractivity (Wildman–Crippen MR) is 144 cm³/mol. The Bertz CT molecular complexity index is 1060. The molecule has 196 valence electrons. The summed E-state index contributed by atoms with van der Waals surface area (Å²) in [5.74, 6) is 2.72. The highest BCUT2D eigenvalue weighted by atomic mass is 16.5. The highest BCUT2D eigenvalue weighted by molar-refractivity contribution is 5.48. The van der Waals surface area contributed by atoms with E-state index in [9.17, 15) is 5.11 Å². The maximum Gasteiger partial charge on any atom is 0.227 e. The van der Waals surface area contributed by atoms with Crippen molar-refractivity contribution in [1.82, 2.24) is 14.7 Å². The molecule has 3 aromatic rings. The van der Waals surface area contributed by atoms with Crippen LogP contribution in [-0.2, 0) is 13.0 Å². The predicted octanol–water partition coefficient (Wildman–Crippen LogP) is 6.01. The number of unbranched alkanes of at least 4 members (excludes halogenated alkanes) is 1. The zero-order valence-corrected chi connectivity index (χ0v) is 22.4. The molecule has 7 heteroatoms. The summed E-state index contributed by atoms with van der Waals surface area (Å²) in [6.07, 6.45) is 4.33. The molecule has 7 nitrogen and oxygen atoms in total. The summed E-state index contributed by atoms with van der Waals surface area (Å²) in [6.45, 7) is 8.57. The molecule has 1 heterocycles. The first-order chi connectivity index (χ1) is 17.5. The van der Waals surface area contributed by atoms with Crippen LogP contribution in [0.5, 0.6) is 23.1 Å². The van der Waals surface area contributed by atoms with Crippen molar-refractivity contribution >= 4 is 0 Å². The molecule has 0 radical (unpaired) electrons. The molecule has 0 unspecified atom stereocenters. The zero-order chi connectivity index (χ0) is 25.9. The van der Waals surface area contributed by atoms with Crippen LogP contribution in [0.1, 0.15) is 57.7 Å². The second kappa shape index (κ2) is 13.9. The van der Waals surface area contributed by atoms with Crippen LogP contribution in [0.4, 0.5) is 0 Å². The van der Waals surface area contributed by atoms with Gasteiger partial charge in [0.2, 0.25) is 5.88 Å². The van der Waals surface area contributed by atoms with Gasteiger partial charge in [-0.15, -0.1) is 0 Å². The minimum atomic E-state index is -0.350. The summed E-state index contributed by atoms with van der Waals surface area (Å²) >= 11 is 0. The number of nitrogens with zero attached hydrogens (tertiary/aromatic N) is 3. The van der Waals surface area contributed by atoms with Gasteiger partial charge in [-0.25, -0.2) is 4.68 Å². The van der Waals surface area contributed by atoms with Crippen LogP contribution in [-0.4, -0.2) is 53.2 Å². The van der Waals surface area contributed by atoms with Gasteiger partial charge < -0.3 is 19.3 Å². The zero-order valence-electron chi connectivity index (χ0n) is 22.4. The fourth-order valence-corrected chi connectivity index (χ4v) is 4.34. The first-order valence-corrected chi connectivity index (χ1v) is 13.0. The van der Waals surface area contributed by atoms with E-state index in [1.165, 1.54) is 0 Å². The number of aliphatic hydroxyl groups is 1. The number of ether oxygens (including phenoxy) is 3. The molecule has 2 aromatic carbocycles. The van der Waals surface area contributed by atoms with Crippen molar-refractivity contribution in [3.63, 3.8) is 0 Å². The highest BCUT2D eigenvalue weighted by Crippen LogP contribution is 2.36. The van der Waals surface area contributed by atoms with Crippen molar-refractivity contribution in [2.45, 2.75) is 65.5 Å². The number of hydrogen-bond donors (Lipinski definition) is 1. The topological polar surface area (TPSA) is 69.0 Å². The molecule has 0 aliphatic heterocycles. The van der Waals surface area contributed by atoms with E-state index in [0.717, 1.165) is 61.3 Å². The standard InChI is InChI=1S/C29H41N3O4/c1-6-9-12-23(33)20-31(19-7-2)21-25-26(8-3)30-32(22-15-17-24(34-4)18-16-22)29(25)36-28-14-11-10-13-27(28)35-5/h10-11,13-18,23,33H,6-9,12,19-21H2,1-5H3/t23-/m0/s1. The molecule has 0 spiro atoms. The first-order valence-electron chi connectivity index (χ1n) is 13.0. The van der Waals surface area contributed by atoms with Gasteiger partial charge in [-0.3, -0.25) is 4.90 Å². The Labute approximate surface area is 215 Å². The van der Waals surface area contributed by atoms with Crippen LogP contribution in [0, 0.1) is 0 Å². The molecule has 0 fully saturated rings. The van der Waals surface area contributed by atoms with E-state index in [1.54, 1.807) is 14.2 Å². The molecular weight excluding hydrogens is 454 g/mol. The highest BCUT2D eigenvalue weighted by Gasteiger charge is 2.24. The Morgan fingerprint density at radius 1 is 0.944 bits per heavy atom. The van der Waals surface area contributed by atoms with Gasteiger partial charge in [0.05, 0.1) is 37.3 Å². The molecule has 0 aliphatic rings. The largest absolute Gasteiger partial charge is 0.497 e. The number of aryl methyl sites for hydroxylation is 1. The number of rotatable bonds is 15. The molecule has 0 bridgehead atoms. The van der Waals surface area contributed by atoms with E-state index >= 15 is 0 Å². The van der Waals surface area contributed by atoms with E-state index in [2.05, 4.69) is 25.7 Å². The summed E-state index contributed by atoms with van der Waals surface area (Å²) in [7, 11) is 3.30. The van der Waals surface area contributed by atoms with Gasteiger partial charge in [0.25, 0.3) is 0 Å². The van der Waals surface area contributed by atoms with Crippen LogP contribution in [0.15, 0.2) is 48.5 Å². The van der Waals surface area contributed by atoms with Crippen molar-refractivity contribution in [2.24, 2.45) is 0 Å². The smallest absolute Gasteiger partial charge is 0.227 e. The van der Waals surface area contributed by atoms with E-state index < -0.39 is 0 Å². The summed E-state index contributed by atoms with van der Waals surface area (Å²) < 4.78 is 19.3. The average Bonchev–Trinajstić information content (AvgIpc) is 3.24. The molecule has 0 saturated heterocycles. The van der Waals surface area contributed by atoms with Crippen molar-refractivity contribution < 1.29 is 19.3 Å². The summed E-state index contributed by atoms with van der Waals surface area (Å²) in [5.41, 5.74) is 2.88. The van der Waals surface area contributed by atoms with Crippen molar-refractivity contribution in [1.29, 1.82) is 0 Å². The third-order valence-electron chi connectivity index (χ3n) is 6.23. The molecule has 0 aliphatic carbocycles. The Morgan fingerprint density at radius 3 is 2.28 bits per heavy atom. The van der Waals surface area contributed by atoms with E-state index in [4.69, 9.17) is 19.3 Å². The van der Waals surface area contributed by atoms with Crippen LogP contribution in [0.3, 0.4) is 0 Å². The number of hydrogen-bond acceptors (Lipinski definition) is 6. The maximum atomic E-state index is 10.7. The first kappa shape index (κ1) is 27.6. The Kier molecular flexibility index (Phi) is 10.6. The SMILES string of the molecule is CCCC[C@H](O)CN(CCC)Cc1c(CC)nn(-c2ccc(OC)cc2)c1Oc1ccccc1OC. The monoisotopic (exact) mass is 495 g/mol. The van der Waals surface area contributed by atoms with E-state index in [1.807, 2.05) is 53.2 Å².